The molecule has 0 radical (unpaired) electrons. The number of nitrogens with one attached hydrogen (secondary N) is 2. The summed E-state index contributed by atoms with van der Waals surface area (Å²) in [6.07, 6.45) is 1.50. The van der Waals surface area contributed by atoms with Gasteiger partial charge in [-0.05, 0) is 56.2 Å². The van der Waals surface area contributed by atoms with Crippen LogP contribution < -0.4 is 10.7 Å². The second-order valence-electron chi connectivity index (χ2n) is 5.85. The molecule has 0 aliphatic heterocycles. The molecular formula is C19H19N3O4. The Bertz CT molecular complexity index is 863. The van der Waals surface area contributed by atoms with Crippen molar-refractivity contribution in [3.05, 3.63) is 64.2 Å². The predicted octanol–water partition coefficient (Wildman–Crippen LogP) is 2.40. The predicted molar refractivity (Wildman–Crippen MR) is 98.4 cm³/mol. The van der Waals surface area contributed by atoms with Gasteiger partial charge in [-0.3, -0.25) is 9.59 Å². The lowest BCUT2D eigenvalue weighted by atomic mass is 10.0. The molecule has 0 unspecified atom stereocenters. The van der Waals surface area contributed by atoms with E-state index in [4.69, 9.17) is 5.11 Å². The lowest BCUT2D eigenvalue weighted by Gasteiger charge is -2.07. The molecule has 0 aliphatic carbocycles. The highest BCUT2D eigenvalue weighted by molar-refractivity contribution is 6.39. The van der Waals surface area contributed by atoms with Crippen LogP contribution in [0.3, 0.4) is 0 Å². The molecule has 2 aromatic rings. The summed E-state index contributed by atoms with van der Waals surface area (Å²) < 4.78 is 0. The van der Waals surface area contributed by atoms with Gasteiger partial charge in [0.05, 0.1) is 11.8 Å². The smallest absolute Gasteiger partial charge is 0.335 e. The van der Waals surface area contributed by atoms with Crippen LogP contribution in [0.1, 0.15) is 32.6 Å². The summed E-state index contributed by atoms with van der Waals surface area (Å²) in [5, 5.41) is 15.0. The minimum absolute atomic E-state index is 0.0842. The number of carboxylic acids is 1. The molecule has 0 spiro atoms. The monoisotopic (exact) mass is 353 g/mol. The van der Waals surface area contributed by atoms with Crippen molar-refractivity contribution in [3.63, 3.8) is 0 Å². The lowest BCUT2D eigenvalue weighted by molar-refractivity contribution is -0.136. The number of carbonyl (C=O) groups excluding carboxylic acids is 2. The van der Waals surface area contributed by atoms with Crippen LogP contribution in [0.25, 0.3) is 0 Å². The van der Waals surface area contributed by atoms with E-state index >= 15 is 0 Å². The zero-order valence-electron chi connectivity index (χ0n) is 14.7. The first-order valence-corrected chi connectivity index (χ1v) is 7.83. The van der Waals surface area contributed by atoms with E-state index in [0.29, 0.717) is 5.69 Å². The van der Waals surface area contributed by atoms with Crippen LogP contribution in [0, 0.1) is 20.8 Å². The van der Waals surface area contributed by atoms with E-state index in [-0.39, 0.29) is 5.56 Å². The number of nitrogens with zero attached hydrogens (tertiary/aromatic N) is 1. The third kappa shape index (κ3) is 4.76. The number of amides is 2. The number of rotatable bonds is 4. The van der Waals surface area contributed by atoms with Gasteiger partial charge in [0.2, 0.25) is 0 Å². The summed E-state index contributed by atoms with van der Waals surface area (Å²) in [4.78, 5) is 34.4. The van der Waals surface area contributed by atoms with Gasteiger partial charge in [0, 0.05) is 11.3 Å². The number of aromatic carboxylic acids is 1. The van der Waals surface area contributed by atoms with E-state index in [2.05, 4.69) is 15.8 Å². The second kappa shape index (κ2) is 8.06. The van der Waals surface area contributed by atoms with Gasteiger partial charge >= 0.3 is 17.8 Å². The van der Waals surface area contributed by atoms with Crippen LogP contribution >= 0.6 is 0 Å². The highest BCUT2D eigenvalue weighted by atomic mass is 16.4. The molecule has 3 N–H and O–H groups in total. The summed E-state index contributed by atoms with van der Waals surface area (Å²) in [7, 11) is 0. The van der Waals surface area contributed by atoms with Crippen LogP contribution in [0.5, 0.6) is 0 Å². The Hall–Kier alpha value is -3.48. The molecule has 0 bridgehead atoms. The Labute approximate surface area is 150 Å². The van der Waals surface area contributed by atoms with E-state index < -0.39 is 17.8 Å². The van der Waals surface area contributed by atoms with Crippen molar-refractivity contribution in [2.24, 2.45) is 5.10 Å². The molecule has 2 aromatic carbocycles. The maximum absolute atomic E-state index is 11.8. The molecule has 7 heteroatoms. The Kier molecular flexibility index (Phi) is 5.85. The molecule has 26 heavy (non-hydrogen) atoms. The van der Waals surface area contributed by atoms with E-state index in [0.717, 1.165) is 22.3 Å². The minimum atomic E-state index is -1.07. The molecule has 0 fully saturated rings. The van der Waals surface area contributed by atoms with Crippen LogP contribution in [-0.4, -0.2) is 29.1 Å². The number of hydrogen-bond donors (Lipinski definition) is 3. The van der Waals surface area contributed by atoms with Crippen molar-refractivity contribution in [2.45, 2.75) is 20.8 Å². The average Bonchev–Trinajstić information content (AvgIpc) is 2.57. The minimum Gasteiger partial charge on any atom is -0.478 e. The van der Waals surface area contributed by atoms with Gasteiger partial charge in [0.1, 0.15) is 0 Å². The highest BCUT2D eigenvalue weighted by Crippen LogP contribution is 2.14. The number of carbonyl (C=O) groups is 3. The van der Waals surface area contributed by atoms with Crippen molar-refractivity contribution in [2.75, 3.05) is 5.32 Å². The summed E-state index contributed by atoms with van der Waals surface area (Å²) in [6.45, 7) is 5.88. The van der Waals surface area contributed by atoms with E-state index in [1.165, 1.54) is 30.5 Å². The van der Waals surface area contributed by atoms with Crippen LogP contribution in [0.2, 0.25) is 0 Å². The van der Waals surface area contributed by atoms with Gasteiger partial charge in [0.15, 0.2) is 0 Å². The number of hydrogen-bond acceptors (Lipinski definition) is 4. The van der Waals surface area contributed by atoms with E-state index in [9.17, 15) is 14.4 Å². The Morgan fingerprint density at radius 2 is 1.54 bits per heavy atom. The molecule has 0 atom stereocenters. The number of hydrazone groups is 1. The van der Waals surface area contributed by atoms with Crippen LogP contribution in [-0.2, 0) is 9.59 Å². The topological polar surface area (TPSA) is 108 Å². The van der Waals surface area contributed by atoms with Crippen LogP contribution in [0.4, 0.5) is 5.69 Å². The zero-order chi connectivity index (χ0) is 19.3. The first-order valence-electron chi connectivity index (χ1n) is 7.83. The summed E-state index contributed by atoms with van der Waals surface area (Å²) >= 11 is 0. The van der Waals surface area contributed by atoms with Gasteiger partial charge < -0.3 is 10.4 Å². The molecule has 0 aliphatic rings. The van der Waals surface area contributed by atoms with Gasteiger partial charge in [0.25, 0.3) is 0 Å². The molecule has 7 nitrogen and oxygen atoms in total. The van der Waals surface area contributed by atoms with Crippen molar-refractivity contribution < 1.29 is 19.5 Å². The third-order valence-electron chi connectivity index (χ3n) is 3.69. The quantitative estimate of drug-likeness (QED) is 0.445. The normalized spacial score (nSPS) is 10.6. The maximum Gasteiger partial charge on any atom is 0.335 e. The SMILES string of the molecule is Cc1cc(C)c(/C=N/NC(=O)C(=O)Nc2ccc(C(=O)O)cc2)c(C)c1. The molecule has 0 saturated heterocycles. The fourth-order valence-electron chi connectivity index (χ4n) is 2.49. The Morgan fingerprint density at radius 1 is 0.962 bits per heavy atom. The molecule has 2 rings (SSSR count). The second-order valence-corrected chi connectivity index (χ2v) is 5.85. The molecular weight excluding hydrogens is 334 g/mol. The first kappa shape index (κ1) is 18.9. The van der Waals surface area contributed by atoms with Gasteiger partial charge in [-0.15, -0.1) is 0 Å². The van der Waals surface area contributed by atoms with Crippen LogP contribution in [0.15, 0.2) is 41.5 Å². The lowest BCUT2D eigenvalue weighted by Crippen LogP contribution is -2.32. The van der Waals surface area contributed by atoms with Gasteiger partial charge in [-0.2, -0.15) is 5.10 Å². The highest BCUT2D eigenvalue weighted by Gasteiger charge is 2.13. The Morgan fingerprint density at radius 3 is 2.08 bits per heavy atom. The number of benzene rings is 2. The first-order chi connectivity index (χ1) is 12.3. The van der Waals surface area contributed by atoms with Crippen molar-refractivity contribution in [1.29, 1.82) is 0 Å². The zero-order valence-corrected chi connectivity index (χ0v) is 14.7. The number of carboxylic acid groups (broad SMARTS) is 1. The van der Waals surface area contributed by atoms with Crippen molar-refractivity contribution >= 4 is 29.7 Å². The maximum atomic E-state index is 11.8. The standard InChI is InChI=1S/C19H19N3O4/c1-11-8-12(2)16(13(3)9-11)10-20-22-18(24)17(23)21-15-6-4-14(5-7-15)19(25)26/h4-10H,1-3H3,(H,21,23)(H,22,24)(H,25,26)/b20-10+. The Balaban J connectivity index is 1.97. The van der Waals surface area contributed by atoms with Crippen molar-refractivity contribution in [1.82, 2.24) is 5.43 Å². The summed E-state index contributed by atoms with van der Waals surface area (Å²) in [5.74, 6) is -2.90. The van der Waals surface area contributed by atoms with Gasteiger partial charge in [-0.25, -0.2) is 10.2 Å². The summed E-state index contributed by atoms with van der Waals surface area (Å²) in [6, 6.07) is 9.47. The molecule has 0 aromatic heterocycles. The van der Waals surface area contributed by atoms with E-state index in [1.54, 1.807) is 0 Å². The fraction of sp³-hybridized carbons (Fsp3) is 0.158. The molecule has 2 amide bonds. The van der Waals surface area contributed by atoms with E-state index in [1.807, 2.05) is 32.9 Å². The number of anilines is 1. The van der Waals surface area contributed by atoms with Gasteiger partial charge in [-0.1, -0.05) is 17.7 Å². The average molecular weight is 353 g/mol. The number of aryl methyl sites for hydroxylation is 3. The molecule has 0 saturated carbocycles. The third-order valence-corrected chi connectivity index (χ3v) is 3.69. The summed E-state index contributed by atoms with van der Waals surface area (Å²) in [5.41, 5.74) is 6.61. The molecule has 134 valence electrons. The molecule has 0 heterocycles. The van der Waals surface area contributed by atoms with Crippen molar-refractivity contribution in [3.8, 4) is 0 Å². The largest absolute Gasteiger partial charge is 0.478 e. The fourth-order valence-corrected chi connectivity index (χ4v) is 2.49.